The summed E-state index contributed by atoms with van der Waals surface area (Å²) >= 11 is 0. The van der Waals surface area contributed by atoms with Crippen molar-refractivity contribution in [3.8, 4) is 17.2 Å². The second-order valence-corrected chi connectivity index (χ2v) is 9.30. The predicted molar refractivity (Wildman–Crippen MR) is 137 cm³/mol. The van der Waals surface area contributed by atoms with E-state index in [1.54, 1.807) is 47.2 Å². The number of aromatic nitrogens is 5. The Bertz CT molecular complexity index is 1690. The molecular formula is C28H23FN6O2. The van der Waals surface area contributed by atoms with E-state index in [1.165, 1.54) is 18.3 Å². The van der Waals surface area contributed by atoms with Gasteiger partial charge in [-0.3, -0.25) is 19.1 Å². The maximum atomic E-state index is 14.9. The number of nitrogens with zero attached hydrogens (tertiary/aromatic N) is 4. The van der Waals surface area contributed by atoms with Crippen molar-refractivity contribution in [1.29, 1.82) is 0 Å². The molecule has 184 valence electrons. The molecule has 1 aliphatic carbocycles. The van der Waals surface area contributed by atoms with E-state index < -0.39 is 0 Å². The second kappa shape index (κ2) is 9.09. The number of benzene rings is 2. The molecule has 1 amide bonds. The number of pyridine rings is 2. The van der Waals surface area contributed by atoms with Crippen LogP contribution in [0, 0.1) is 12.7 Å². The molecule has 0 radical (unpaired) electrons. The molecule has 0 saturated heterocycles. The Balaban J connectivity index is 1.27. The van der Waals surface area contributed by atoms with Crippen LogP contribution in [0.1, 0.15) is 40.5 Å². The lowest BCUT2D eigenvalue weighted by Crippen LogP contribution is -2.44. The Kier molecular flexibility index (Phi) is 5.60. The van der Waals surface area contributed by atoms with Crippen molar-refractivity contribution < 1.29 is 9.18 Å². The molecule has 1 fully saturated rings. The van der Waals surface area contributed by atoms with Gasteiger partial charge in [0.05, 0.1) is 16.8 Å². The van der Waals surface area contributed by atoms with Crippen LogP contribution < -0.4 is 10.7 Å². The Morgan fingerprint density at radius 2 is 1.89 bits per heavy atom. The molecule has 5 aromatic rings. The van der Waals surface area contributed by atoms with Gasteiger partial charge in [0.2, 0.25) is 0 Å². The summed E-state index contributed by atoms with van der Waals surface area (Å²) in [7, 11) is 0. The zero-order valence-electron chi connectivity index (χ0n) is 20.0. The van der Waals surface area contributed by atoms with Crippen molar-refractivity contribution in [2.75, 3.05) is 0 Å². The van der Waals surface area contributed by atoms with Crippen LogP contribution in [0.15, 0.2) is 77.9 Å². The third-order valence-electron chi connectivity index (χ3n) is 6.80. The smallest absolute Gasteiger partial charge is 0.253 e. The van der Waals surface area contributed by atoms with Gasteiger partial charge in [-0.25, -0.2) is 4.39 Å². The number of para-hydroxylation sites is 2. The highest BCUT2D eigenvalue weighted by Gasteiger charge is 2.36. The largest absolute Gasteiger partial charge is 0.360 e. The third kappa shape index (κ3) is 4.08. The van der Waals surface area contributed by atoms with Gasteiger partial charge in [0.1, 0.15) is 17.3 Å². The van der Waals surface area contributed by atoms with Gasteiger partial charge in [0, 0.05) is 35.8 Å². The van der Waals surface area contributed by atoms with Crippen LogP contribution in [-0.2, 0) is 0 Å². The Morgan fingerprint density at radius 1 is 1.05 bits per heavy atom. The van der Waals surface area contributed by atoms with Gasteiger partial charge < -0.3 is 10.3 Å². The van der Waals surface area contributed by atoms with Crippen LogP contribution in [0.4, 0.5) is 4.39 Å². The number of amides is 1. The van der Waals surface area contributed by atoms with E-state index in [0.29, 0.717) is 52.3 Å². The van der Waals surface area contributed by atoms with E-state index in [9.17, 15) is 14.0 Å². The molecule has 0 aliphatic heterocycles. The minimum atomic E-state index is -0.383. The van der Waals surface area contributed by atoms with Crippen LogP contribution in [0.2, 0.25) is 0 Å². The SMILES string of the molecule is Cc1ccc(-c2nnc(C3CC(NC(=O)c4cccc5c(=O)cc[nH]c45)C3)n2-c2ccccc2F)nc1. The molecule has 6 rings (SSSR count). The van der Waals surface area contributed by atoms with Gasteiger partial charge in [-0.2, -0.15) is 0 Å². The molecule has 1 aliphatic rings. The summed E-state index contributed by atoms with van der Waals surface area (Å²) in [6, 6.07) is 16.7. The van der Waals surface area contributed by atoms with E-state index in [0.717, 1.165) is 5.56 Å². The van der Waals surface area contributed by atoms with Crippen LogP contribution in [-0.4, -0.2) is 36.7 Å². The number of aryl methyl sites for hydroxylation is 1. The standard InChI is InChI=1S/C28H23FN6O2/c1-16-9-10-22(31-15-16)27-34-33-26(35(27)23-8-3-2-7-21(23)29)17-13-18(14-17)32-28(37)20-6-4-5-19-24(36)11-12-30-25(19)20/h2-12,15,17-18H,13-14H2,1H3,(H,30,36)(H,32,37). The number of hydrogen-bond donors (Lipinski definition) is 2. The zero-order valence-corrected chi connectivity index (χ0v) is 20.0. The summed E-state index contributed by atoms with van der Waals surface area (Å²) in [6.07, 6.45) is 4.53. The second-order valence-electron chi connectivity index (χ2n) is 9.30. The lowest BCUT2D eigenvalue weighted by atomic mass is 9.79. The van der Waals surface area contributed by atoms with E-state index >= 15 is 0 Å². The molecule has 1 saturated carbocycles. The predicted octanol–water partition coefficient (Wildman–Crippen LogP) is 4.29. The summed E-state index contributed by atoms with van der Waals surface area (Å²) in [6.45, 7) is 1.95. The number of carbonyl (C=O) groups is 1. The highest BCUT2D eigenvalue weighted by Crippen LogP contribution is 2.39. The minimum absolute atomic E-state index is 0.0241. The number of rotatable bonds is 5. The van der Waals surface area contributed by atoms with Crippen LogP contribution in [0.25, 0.3) is 28.1 Å². The van der Waals surface area contributed by atoms with Crippen molar-refractivity contribution >= 4 is 16.8 Å². The molecule has 37 heavy (non-hydrogen) atoms. The summed E-state index contributed by atoms with van der Waals surface area (Å²) in [5.74, 6) is 0.431. The average molecular weight is 495 g/mol. The molecule has 0 unspecified atom stereocenters. The first-order valence-corrected chi connectivity index (χ1v) is 12.0. The third-order valence-corrected chi connectivity index (χ3v) is 6.80. The highest BCUT2D eigenvalue weighted by molar-refractivity contribution is 6.05. The average Bonchev–Trinajstić information content (AvgIpc) is 3.30. The molecule has 2 aromatic carbocycles. The molecule has 2 N–H and O–H groups in total. The van der Waals surface area contributed by atoms with Crippen molar-refractivity contribution in [1.82, 2.24) is 30.0 Å². The van der Waals surface area contributed by atoms with Crippen molar-refractivity contribution in [2.24, 2.45) is 0 Å². The van der Waals surface area contributed by atoms with E-state index in [4.69, 9.17) is 0 Å². The normalized spacial score (nSPS) is 16.9. The Morgan fingerprint density at radius 3 is 2.68 bits per heavy atom. The number of H-pyrrole nitrogens is 1. The minimum Gasteiger partial charge on any atom is -0.360 e. The fourth-order valence-electron chi connectivity index (χ4n) is 4.80. The number of carbonyl (C=O) groups excluding carboxylic acids is 1. The summed E-state index contributed by atoms with van der Waals surface area (Å²) in [5, 5.41) is 12.3. The van der Waals surface area contributed by atoms with Gasteiger partial charge in [0.15, 0.2) is 11.3 Å². The fourth-order valence-corrected chi connectivity index (χ4v) is 4.80. The molecule has 3 heterocycles. The topological polar surface area (TPSA) is 106 Å². The number of fused-ring (bicyclic) bond motifs is 1. The van der Waals surface area contributed by atoms with Gasteiger partial charge in [-0.05, 0) is 55.7 Å². The van der Waals surface area contributed by atoms with Crippen molar-refractivity contribution in [2.45, 2.75) is 31.7 Å². The van der Waals surface area contributed by atoms with Crippen molar-refractivity contribution in [3.05, 3.63) is 106 Å². The summed E-state index contributed by atoms with van der Waals surface area (Å²) in [4.78, 5) is 32.7. The zero-order chi connectivity index (χ0) is 25.5. The number of hydrogen-bond acceptors (Lipinski definition) is 5. The summed E-state index contributed by atoms with van der Waals surface area (Å²) < 4.78 is 16.6. The number of halogens is 1. The molecular weight excluding hydrogens is 471 g/mol. The quantitative estimate of drug-likeness (QED) is 0.379. The van der Waals surface area contributed by atoms with Crippen LogP contribution >= 0.6 is 0 Å². The van der Waals surface area contributed by atoms with Gasteiger partial charge in [-0.15, -0.1) is 10.2 Å². The number of nitrogens with one attached hydrogen (secondary N) is 2. The monoisotopic (exact) mass is 494 g/mol. The molecule has 8 nitrogen and oxygen atoms in total. The first-order valence-electron chi connectivity index (χ1n) is 12.0. The summed E-state index contributed by atoms with van der Waals surface area (Å²) in [5.41, 5.74) is 2.75. The molecule has 3 aromatic heterocycles. The molecule has 9 heteroatoms. The lowest BCUT2D eigenvalue weighted by Gasteiger charge is -2.35. The first-order chi connectivity index (χ1) is 18.0. The molecule has 0 atom stereocenters. The van der Waals surface area contributed by atoms with Crippen LogP contribution in [0.5, 0.6) is 0 Å². The lowest BCUT2D eigenvalue weighted by molar-refractivity contribution is 0.0908. The van der Waals surface area contributed by atoms with Gasteiger partial charge >= 0.3 is 0 Å². The Hall–Kier alpha value is -4.66. The number of aromatic amines is 1. The maximum absolute atomic E-state index is 14.9. The van der Waals surface area contributed by atoms with Crippen LogP contribution in [0.3, 0.4) is 0 Å². The highest BCUT2D eigenvalue weighted by atomic mass is 19.1. The Labute approximate surface area is 211 Å². The van der Waals surface area contributed by atoms with E-state index in [2.05, 4.69) is 25.5 Å². The van der Waals surface area contributed by atoms with Crippen molar-refractivity contribution in [3.63, 3.8) is 0 Å². The van der Waals surface area contributed by atoms with Gasteiger partial charge in [0.25, 0.3) is 5.91 Å². The van der Waals surface area contributed by atoms with Gasteiger partial charge in [-0.1, -0.05) is 24.3 Å². The molecule has 0 bridgehead atoms. The van der Waals surface area contributed by atoms with E-state index in [-0.39, 0.29) is 29.1 Å². The first kappa shape index (κ1) is 22.8. The molecule has 0 spiro atoms. The van der Waals surface area contributed by atoms with E-state index in [1.807, 2.05) is 19.1 Å². The maximum Gasteiger partial charge on any atom is 0.253 e. The fraction of sp³-hybridized carbons (Fsp3) is 0.179.